The van der Waals surface area contributed by atoms with Crippen molar-refractivity contribution in [2.75, 3.05) is 6.54 Å². The van der Waals surface area contributed by atoms with Gasteiger partial charge in [0.25, 0.3) is 0 Å². The van der Waals surface area contributed by atoms with Gasteiger partial charge in [-0.1, -0.05) is 37.1 Å². The van der Waals surface area contributed by atoms with E-state index in [-0.39, 0.29) is 0 Å². The Hall–Kier alpha value is -1.25. The van der Waals surface area contributed by atoms with Crippen LogP contribution < -0.4 is 5.32 Å². The molecule has 0 fully saturated rings. The second kappa shape index (κ2) is 6.78. The number of furan rings is 1. The van der Waals surface area contributed by atoms with Gasteiger partial charge in [-0.2, -0.15) is 0 Å². The van der Waals surface area contributed by atoms with E-state index in [0.717, 1.165) is 40.8 Å². The molecule has 0 aliphatic carbocycles. The van der Waals surface area contributed by atoms with E-state index < -0.39 is 0 Å². The highest BCUT2D eigenvalue weighted by Gasteiger charge is 2.06. The Morgan fingerprint density at radius 2 is 2.05 bits per heavy atom. The first-order valence-electron chi connectivity index (χ1n) is 6.76. The molecule has 2 rings (SSSR count). The van der Waals surface area contributed by atoms with Crippen molar-refractivity contribution in [3.8, 4) is 11.3 Å². The molecule has 1 aromatic heterocycles. The summed E-state index contributed by atoms with van der Waals surface area (Å²) in [4.78, 5) is 0. The number of nitrogens with one attached hydrogen (secondary N) is 1. The van der Waals surface area contributed by atoms with Crippen LogP contribution in [0.4, 0.5) is 0 Å². The van der Waals surface area contributed by atoms with Crippen molar-refractivity contribution in [1.82, 2.24) is 5.32 Å². The normalized spacial score (nSPS) is 10.9. The van der Waals surface area contributed by atoms with Gasteiger partial charge in [0, 0.05) is 10.6 Å². The Kier molecular flexibility index (Phi) is 5.06. The maximum atomic E-state index is 6.13. The molecule has 0 unspecified atom stereocenters. The Labute approximate surface area is 119 Å². The van der Waals surface area contributed by atoms with E-state index in [1.807, 2.05) is 37.3 Å². The summed E-state index contributed by atoms with van der Waals surface area (Å²) in [5.74, 6) is 1.83. The van der Waals surface area contributed by atoms with Gasteiger partial charge in [0.05, 0.1) is 6.54 Å². The van der Waals surface area contributed by atoms with E-state index in [0.29, 0.717) is 0 Å². The van der Waals surface area contributed by atoms with E-state index in [2.05, 4.69) is 12.2 Å². The number of hydrogen-bond donors (Lipinski definition) is 1. The lowest BCUT2D eigenvalue weighted by Crippen LogP contribution is -2.13. The Bertz CT molecular complexity index is 533. The zero-order valence-corrected chi connectivity index (χ0v) is 12.3. The first-order chi connectivity index (χ1) is 9.20. The van der Waals surface area contributed by atoms with Crippen molar-refractivity contribution in [2.24, 2.45) is 0 Å². The largest absolute Gasteiger partial charge is 0.460 e. The molecule has 0 amide bonds. The van der Waals surface area contributed by atoms with E-state index >= 15 is 0 Å². The maximum Gasteiger partial charge on any atom is 0.134 e. The molecule has 19 heavy (non-hydrogen) atoms. The standard InChI is InChI=1S/C16H20ClNO/c1-3-4-9-18-11-14-7-8-16(19-14)13-6-5-12(2)15(17)10-13/h5-8,10,18H,3-4,9,11H2,1-2H3. The van der Waals surface area contributed by atoms with Crippen LogP contribution in [0.25, 0.3) is 11.3 Å². The molecule has 2 nitrogen and oxygen atoms in total. The van der Waals surface area contributed by atoms with Crippen molar-refractivity contribution in [3.63, 3.8) is 0 Å². The molecule has 1 aromatic carbocycles. The zero-order chi connectivity index (χ0) is 13.7. The van der Waals surface area contributed by atoms with Gasteiger partial charge >= 0.3 is 0 Å². The monoisotopic (exact) mass is 277 g/mol. The van der Waals surface area contributed by atoms with Crippen LogP contribution in [0.1, 0.15) is 31.1 Å². The van der Waals surface area contributed by atoms with Crippen LogP contribution in [0, 0.1) is 6.92 Å². The second-order valence-electron chi connectivity index (χ2n) is 4.76. The minimum Gasteiger partial charge on any atom is -0.460 e. The highest BCUT2D eigenvalue weighted by Crippen LogP contribution is 2.26. The Morgan fingerprint density at radius 1 is 1.21 bits per heavy atom. The molecule has 1 heterocycles. The van der Waals surface area contributed by atoms with E-state index in [9.17, 15) is 0 Å². The SMILES string of the molecule is CCCCNCc1ccc(-c2ccc(C)c(Cl)c2)o1. The van der Waals surface area contributed by atoms with Crippen molar-refractivity contribution < 1.29 is 4.42 Å². The quantitative estimate of drug-likeness (QED) is 0.768. The molecule has 0 spiro atoms. The molecule has 0 bridgehead atoms. The highest BCUT2D eigenvalue weighted by molar-refractivity contribution is 6.31. The predicted molar refractivity (Wildman–Crippen MR) is 80.5 cm³/mol. The molecule has 1 N–H and O–H groups in total. The van der Waals surface area contributed by atoms with Gasteiger partial charge in [0.1, 0.15) is 11.5 Å². The van der Waals surface area contributed by atoms with Crippen LogP contribution >= 0.6 is 11.6 Å². The maximum absolute atomic E-state index is 6.13. The fourth-order valence-corrected chi connectivity index (χ4v) is 2.07. The summed E-state index contributed by atoms with van der Waals surface area (Å²) in [7, 11) is 0. The summed E-state index contributed by atoms with van der Waals surface area (Å²) in [6, 6.07) is 10.0. The molecular weight excluding hydrogens is 258 g/mol. The third-order valence-electron chi connectivity index (χ3n) is 3.12. The highest BCUT2D eigenvalue weighted by atomic mass is 35.5. The molecule has 102 valence electrons. The van der Waals surface area contributed by atoms with Crippen LogP contribution in [0.5, 0.6) is 0 Å². The Morgan fingerprint density at radius 3 is 2.79 bits per heavy atom. The molecule has 0 atom stereocenters. The van der Waals surface area contributed by atoms with Crippen LogP contribution in [-0.2, 0) is 6.54 Å². The van der Waals surface area contributed by atoms with Crippen LogP contribution in [0.3, 0.4) is 0 Å². The molecule has 0 saturated heterocycles. The van der Waals surface area contributed by atoms with Crippen molar-refractivity contribution in [2.45, 2.75) is 33.2 Å². The first-order valence-corrected chi connectivity index (χ1v) is 7.14. The van der Waals surface area contributed by atoms with E-state index in [4.69, 9.17) is 16.0 Å². The number of aryl methyl sites for hydroxylation is 1. The summed E-state index contributed by atoms with van der Waals surface area (Å²) < 4.78 is 5.82. The summed E-state index contributed by atoms with van der Waals surface area (Å²) >= 11 is 6.13. The third kappa shape index (κ3) is 3.85. The van der Waals surface area contributed by atoms with Crippen molar-refractivity contribution in [1.29, 1.82) is 0 Å². The van der Waals surface area contributed by atoms with Gasteiger partial charge in [0.15, 0.2) is 0 Å². The average Bonchev–Trinajstić information content (AvgIpc) is 2.87. The fourth-order valence-electron chi connectivity index (χ4n) is 1.89. The topological polar surface area (TPSA) is 25.2 Å². The first kappa shape index (κ1) is 14.2. The van der Waals surface area contributed by atoms with E-state index in [1.54, 1.807) is 0 Å². The third-order valence-corrected chi connectivity index (χ3v) is 3.53. The fraction of sp³-hybridized carbons (Fsp3) is 0.375. The molecular formula is C16H20ClNO. The average molecular weight is 278 g/mol. The summed E-state index contributed by atoms with van der Waals surface area (Å²) in [6.07, 6.45) is 2.40. The lowest BCUT2D eigenvalue weighted by molar-refractivity contribution is 0.490. The van der Waals surface area contributed by atoms with Gasteiger partial charge < -0.3 is 9.73 Å². The van der Waals surface area contributed by atoms with Gasteiger partial charge in [-0.25, -0.2) is 0 Å². The number of hydrogen-bond acceptors (Lipinski definition) is 2. The molecule has 0 saturated carbocycles. The predicted octanol–water partition coefficient (Wildman–Crippen LogP) is 4.80. The van der Waals surface area contributed by atoms with Crippen molar-refractivity contribution >= 4 is 11.6 Å². The summed E-state index contributed by atoms with van der Waals surface area (Å²) in [5, 5.41) is 4.14. The van der Waals surface area contributed by atoms with Crippen LogP contribution in [0.15, 0.2) is 34.7 Å². The van der Waals surface area contributed by atoms with E-state index in [1.165, 1.54) is 12.8 Å². The number of unbranched alkanes of at least 4 members (excludes halogenated alkanes) is 1. The number of halogens is 1. The second-order valence-corrected chi connectivity index (χ2v) is 5.17. The smallest absolute Gasteiger partial charge is 0.134 e. The zero-order valence-electron chi connectivity index (χ0n) is 11.5. The van der Waals surface area contributed by atoms with Crippen molar-refractivity contribution in [3.05, 3.63) is 46.7 Å². The number of rotatable bonds is 6. The minimum absolute atomic E-state index is 0.775. The van der Waals surface area contributed by atoms with Gasteiger partial charge in [-0.15, -0.1) is 0 Å². The summed E-state index contributed by atoms with van der Waals surface area (Å²) in [5.41, 5.74) is 2.11. The van der Waals surface area contributed by atoms with Crippen LogP contribution in [-0.4, -0.2) is 6.54 Å². The number of benzene rings is 1. The molecule has 0 aliphatic heterocycles. The molecule has 0 aliphatic rings. The Balaban J connectivity index is 2.01. The molecule has 0 radical (unpaired) electrons. The summed E-state index contributed by atoms with van der Waals surface area (Å²) in [6.45, 7) is 5.99. The molecule has 3 heteroatoms. The van der Waals surface area contributed by atoms with Gasteiger partial charge in [-0.3, -0.25) is 0 Å². The van der Waals surface area contributed by atoms with Crippen LogP contribution in [0.2, 0.25) is 5.02 Å². The lowest BCUT2D eigenvalue weighted by atomic mass is 10.1. The van der Waals surface area contributed by atoms with Gasteiger partial charge in [-0.05, 0) is 43.7 Å². The minimum atomic E-state index is 0.775. The molecule has 2 aromatic rings. The van der Waals surface area contributed by atoms with Gasteiger partial charge in [0.2, 0.25) is 0 Å². The lowest BCUT2D eigenvalue weighted by Gasteiger charge is -2.02.